The molecule has 0 bridgehead atoms. The predicted octanol–water partition coefficient (Wildman–Crippen LogP) is 3.49. The van der Waals surface area contributed by atoms with Crippen molar-refractivity contribution in [2.45, 2.75) is 26.2 Å². The van der Waals surface area contributed by atoms with E-state index in [0.29, 0.717) is 17.4 Å². The molecule has 0 aliphatic rings. The van der Waals surface area contributed by atoms with Crippen molar-refractivity contribution in [2.24, 2.45) is 0 Å². The second-order valence-corrected chi connectivity index (χ2v) is 7.53. The van der Waals surface area contributed by atoms with Gasteiger partial charge in [0.2, 0.25) is 5.88 Å². The molecule has 4 rings (SSSR count). The molecule has 0 radical (unpaired) electrons. The number of likely N-dealkylation sites (N-methyl/N-ethyl adjacent to an activating group) is 1. The summed E-state index contributed by atoms with van der Waals surface area (Å²) < 4.78 is 7.28. The number of amides is 1. The highest BCUT2D eigenvalue weighted by Gasteiger charge is 2.12. The van der Waals surface area contributed by atoms with Crippen molar-refractivity contribution in [3.05, 3.63) is 60.3 Å². The van der Waals surface area contributed by atoms with E-state index in [-0.39, 0.29) is 5.92 Å². The Kier molecular flexibility index (Phi) is 6.31. The normalized spacial score (nSPS) is 11.1. The lowest BCUT2D eigenvalue weighted by Crippen LogP contribution is -2.24. The van der Waals surface area contributed by atoms with E-state index in [1.807, 2.05) is 45.2 Å². The molecule has 32 heavy (non-hydrogen) atoms. The lowest BCUT2D eigenvalue weighted by Gasteiger charge is -2.08. The van der Waals surface area contributed by atoms with Gasteiger partial charge in [-0.3, -0.25) is 10.4 Å². The van der Waals surface area contributed by atoms with E-state index in [1.54, 1.807) is 18.3 Å². The lowest BCUT2D eigenvalue weighted by atomic mass is 10.1. The Bertz CT molecular complexity index is 1220. The number of aromatic nitrogens is 5. The van der Waals surface area contributed by atoms with Crippen LogP contribution >= 0.6 is 0 Å². The summed E-state index contributed by atoms with van der Waals surface area (Å²) in [5.74, 6) is 1.78. The molecule has 4 aromatic rings. The highest BCUT2D eigenvalue weighted by molar-refractivity contribution is 5.86. The Morgan fingerprint density at radius 3 is 2.84 bits per heavy atom. The SMILES string of the molecule is CNCCc1cc(Oc2ccc3c(ccn3OC(=O)Nc3cc(C(C)C)[nH]n3)c2)ncn1. The second kappa shape index (κ2) is 9.48. The molecule has 3 heterocycles. The maximum atomic E-state index is 12.3. The van der Waals surface area contributed by atoms with Gasteiger partial charge in [0.1, 0.15) is 12.1 Å². The Balaban J connectivity index is 1.43. The van der Waals surface area contributed by atoms with Gasteiger partial charge in [-0.25, -0.2) is 14.8 Å². The molecule has 3 N–H and O–H groups in total. The number of hydrogen-bond acceptors (Lipinski definition) is 7. The van der Waals surface area contributed by atoms with Crippen LogP contribution in [0.5, 0.6) is 11.6 Å². The largest absolute Gasteiger partial charge is 0.439 e. The zero-order valence-corrected chi connectivity index (χ0v) is 18.1. The van der Waals surface area contributed by atoms with Crippen molar-refractivity contribution in [1.29, 1.82) is 0 Å². The Labute approximate surface area is 184 Å². The van der Waals surface area contributed by atoms with Gasteiger partial charge in [0, 0.05) is 48.1 Å². The van der Waals surface area contributed by atoms with Crippen LogP contribution in [0.25, 0.3) is 10.9 Å². The molecule has 0 aliphatic heterocycles. The van der Waals surface area contributed by atoms with Crippen LogP contribution in [0.3, 0.4) is 0 Å². The van der Waals surface area contributed by atoms with Crippen molar-refractivity contribution in [3.8, 4) is 11.6 Å². The maximum Gasteiger partial charge on any atom is 0.437 e. The number of anilines is 1. The number of rotatable bonds is 8. The fourth-order valence-electron chi connectivity index (χ4n) is 3.09. The first kappa shape index (κ1) is 21.3. The van der Waals surface area contributed by atoms with Crippen LogP contribution in [0.15, 0.2) is 48.9 Å². The van der Waals surface area contributed by atoms with E-state index in [0.717, 1.165) is 35.3 Å². The summed E-state index contributed by atoms with van der Waals surface area (Å²) in [6, 6.07) is 10.9. The number of carbonyl (C=O) groups is 1. The third-order valence-corrected chi connectivity index (χ3v) is 4.81. The molecule has 10 heteroatoms. The van der Waals surface area contributed by atoms with Gasteiger partial charge in [-0.15, -0.1) is 0 Å². The van der Waals surface area contributed by atoms with Crippen LogP contribution in [0, 0.1) is 0 Å². The minimum Gasteiger partial charge on any atom is -0.439 e. The van der Waals surface area contributed by atoms with Crippen LogP contribution in [0.1, 0.15) is 31.2 Å². The molecule has 10 nitrogen and oxygen atoms in total. The fourth-order valence-corrected chi connectivity index (χ4v) is 3.09. The summed E-state index contributed by atoms with van der Waals surface area (Å²) in [6.45, 7) is 4.89. The van der Waals surface area contributed by atoms with Gasteiger partial charge in [-0.2, -0.15) is 9.83 Å². The van der Waals surface area contributed by atoms with E-state index in [9.17, 15) is 4.79 Å². The summed E-state index contributed by atoms with van der Waals surface area (Å²) >= 11 is 0. The minimum atomic E-state index is -0.639. The summed E-state index contributed by atoms with van der Waals surface area (Å²) in [5, 5.41) is 13.5. The lowest BCUT2D eigenvalue weighted by molar-refractivity contribution is 0.153. The van der Waals surface area contributed by atoms with Crippen LogP contribution in [-0.4, -0.2) is 44.6 Å². The summed E-state index contributed by atoms with van der Waals surface area (Å²) in [5.41, 5.74) is 2.54. The van der Waals surface area contributed by atoms with Crippen molar-refractivity contribution >= 4 is 22.8 Å². The molecule has 3 aromatic heterocycles. The zero-order chi connectivity index (χ0) is 22.5. The predicted molar refractivity (Wildman–Crippen MR) is 120 cm³/mol. The standard InChI is InChI=1S/C22H25N7O3/c1-14(2)18-12-20(28-27-18)26-22(30)32-29-9-7-15-10-17(4-5-19(15)29)31-21-11-16(6-8-23-3)24-13-25-21/h4-5,7,9-14,23H,6,8H2,1-3H3,(H2,26,27,28,30). The van der Waals surface area contributed by atoms with E-state index in [1.165, 1.54) is 11.1 Å². The van der Waals surface area contributed by atoms with E-state index < -0.39 is 6.09 Å². The number of hydrogen-bond donors (Lipinski definition) is 3. The zero-order valence-electron chi connectivity index (χ0n) is 18.1. The number of nitrogens with zero attached hydrogens (tertiary/aromatic N) is 4. The average molecular weight is 435 g/mol. The number of nitrogens with one attached hydrogen (secondary N) is 3. The first-order valence-corrected chi connectivity index (χ1v) is 10.3. The van der Waals surface area contributed by atoms with Crippen molar-refractivity contribution in [2.75, 3.05) is 18.9 Å². The van der Waals surface area contributed by atoms with E-state index >= 15 is 0 Å². The molecule has 1 amide bonds. The molecule has 0 atom stereocenters. The topological polar surface area (TPSA) is 119 Å². The highest BCUT2D eigenvalue weighted by Crippen LogP contribution is 2.25. The Morgan fingerprint density at radius 2 is 2.06 bits per heavy atom. The van der Waals surface area contributed by atoms with Crippen LogP contribution in [0.4, 0.5) is 10.6 Å². The third-order valence-electron chi connectivity index (χ3n) is 4.81. The molecule has 166 valence electrons. The van der Waals surface area contributed by atoms with E-state index in [2.05, 4.69) is 30.8 Å². The first-order valence-electron chi connectivity index (χ1n) is 10.3. The molecule has 0 unspecified atom stereocenters. The Hall–Kier alpha value is -3.92. The first-order chi connectivity index (χ1) is 15.5. The van der Waals surface area contributed by atoms with Gasteiger partial charge >= 0.3 is 6.09 Å². The maximum absolute atomic E-state index is 12.3. The average Bonchev–Trinajstić information content (AvgIpc) is 3.40. The number of aromatic amines is 1. The Morgan fingerprint density at radius 1 is 1.19 bits per heavy atom. The molecule has 0 saturated carbocycles. The molecule has 0 saturated heterocycles. The van der Waals surface area contributed by atoms with Crippen LogP contribution in [0.2, 0.25) is 0 Å². The smallest absolute Gasteiger partial charge is 0.437 e. The summed E-state index contributed by atoms with van der Waals surface area (Å²) in [4.78, 5) is 26.1. The molecule has 0 spiro atoms. The van der Waals surface area contributed by atoms with E-state index in [4.69, 9.17) is 9.57 Å². The van der Waals surface area contributed by atoms with Gasteiger partial charge in [-0.1, -0.05) is 13.8 Å². The molecular weight excluding hydrogens is 410 g/mol. The van der Waals surface area contributed by atoms with Gasteiger partial charge in [-0.05, 0) is 37.2 Å². The monoisotopic (exact) mass is 435 g/mol. The molecular formula is C22H25N7O3. The molecule has 0 aliphatic carbocycles. The number of H-pyrrole nitrogens is 1. The number of fused-ring (bicyclic) bond motifs is 1. The van der Waals surface area contributed by atoms with Gasteiger partial charge in [0.15, 0.2) is 5.82 Å². The van der Waals surface area contributed by atoms with Crippen LogP contribution < -0.4 is 20.2 Å². The second-order valence-electron chi connectivity index (χ2n) is 7.53. The summed E-state index contributed by atoms with van der Waals surface area (Å²) in [7, 11) is 1.90. The van der Waals surface area contributed by atoms with Gasteiger partial charge in [0.05, 0.1) is 5.52 Å². The molecule has 0 fully saturated rings. The number of benzene rings is 1. The summed E-state index contributed by atoms with van der Waals surface area (Å²) in [6.07, 6.45) is 3.30. The van der Waals surface area contributed by atoms with Crippen LogP contribution in [-0.2, 0) is 6.42 Å². The van der Waals surface area contributed by atoms with Crippen molar-refractivity contribution in [3.63, 3.8) is 0 Å². The third kappa shape index (κ3) is 5.03. The number of ether oxygens (including phenoxy) is 1. The van der Waals surface area contributed by atoms with Gasteiger partial charge in [0.25, 0.3) is 0 Å². The number of carbonyl (C=O) groups excluding carboxylic acids is 1. The minimum absolute atomic E-state index is 0.279. The molecule has 1 aromatic carbocycles. The van der Waals surface area contributed by atoms with Crippen molar-refractivity contribution in [1.82, 2.24) is 30.2 Å². The van der Waals surface area contributed by atoms with Gasteiger partial charge < -0.3 is 14.9 Å². The van der Waals surface area contributed by atoms with Crippen molar-refractivity contribution < 1.29 is 14.4 Å². The highest BCUT2D eigenvalue weighted by atomic mass is 16.7. The quantitative estimate of drug-likeness (QED) is 0.388. The fraction of sp³-hybridized carbons (Fsp3) is 0.273.